The van der Waals surface area contributed by atoms with Crippen molar-refractivity contribution in [2.75, 3.05) is 7.05 Å². The first kappa shape index (κ1) is 15.9. The Morgan fingerprint density at radius 2 is 1.52 bits per heavy atom. The number of amides is 2. The highest BCUT2D eigenvalue weighted by Gasteiger charge is 2.31. The summed E-state index contributed by atoms with van der Waals surface area (Å²) >= 11 is 2.67. The summed E-state index contributed by atoms with van der Waals surface area (Å²) in [6.45, 7) is 2.07. The average Bonchev–Trinajstić information content (AvgIpc) is 2.79. The maximum absolute atomic E-state index is 11.9. The van der Waals surface area contributed by atoms with Crippen LogP contribution < -0.4 is 0 Å². The summed E-state index contributed by atoms with van der Waals surface area (Å²) in [6.07, 6.45) is 1.76. The minimum absolute atomic E-state index is 0.229. The third-order valence-corrected chi connectivity index (χ3v) is 5.40. The number of thioether (sulfide) groups is 1. The molecule has 2 amide bonds. The summed E-state index contributed by atoms with van der Waals surface area (Å²) in [7, 11) is 1.50. The lowest BCUT2D eigenvalue weighted by Crippen LogP contribution is -2.22. The van der Waals surface area contributed by atoms with Gasteiger partial charge in [-0.1, -0.05) is 41.6 Å². The molecular weight excluding hydrogens is 326 g/mol. The lowest BCUT2D eigenvalue weighted by Gasteiger charge is -2.03. The van der Waals surface area contributed by atoms with E-state index < -0.39 is 0 Å². The van der Waals surface area contributed by atoms with Gasteiger partial charge < -0.3 is 0 Å². The molecule has 3 nitrogen and oxygen atoms in total. The predicted molar refractivity (Wildman–Crippen MR) is 95.5 cm³/mol. The van der Waals surface area contributed by atoms with Crippen LogP contribution in [0.3, 0.4) is 0 Å². The van der Waals surface area contributed by atoms with Crippen LogP contribution in [0.15, 0.2) is 63.2 Å². The van der Waals surface area contributed by atoms with Gasteiger partial charge in [-0.05, 0) is 54.6 Å². The lowest BCUT2D eigenvalue weighted by atomic mass is 10.2. The Morgan fingerprint density at radius 1 is 0.957 bits per heavy atom. The second-order valence-corrected chi connectivity index (χ2v) is 7.37. The molecule has 1 heterocycles. The molecule has 0 spiro atoms. The van der Waals surface area contributed by atoms with E-state index in [9.17, 15) is 9.59 Å². The highest BCUT2D eigenvalue weighted by atomic mass is 32.2. The van der Waals surface area contributed by atoms with Crippen molar-refractivity contribution < 1.29 is 9.59 Å². The number of aryl methyl sites for hydroxylation is 1. The fourth-order valence-electron chi connectivity index (χ4n) is 2.07. The SMILES string of the molecule is Cc1ccc(Sc2ccc(/C=C3/SC(=O)N(C)C3=O)cc2)cc1. The zero-order valence-electron chi connectivity index (χ0n) is 12.8. The average molecular weight is 341 g/mol. The van der Waals surface area contributed by atoms with Crippen molar-refractivity contribution in [1.82, 2.24) is 4.90 Å². The Kier molecular flexibility index (Phi) is 4.59. The molecule has 1 aliphatic rings. The number of carbonyl (C=O) groups excluding carboxylic acids is 2. The Morgan fingerprint density at radius 3 is 2.04 bits per heavy atom. The number of hydrogen-bond donors (Lipinski definition) is 0. The second kappa shape index (κ2) is 6.64. The summed E-state index contributed by atoms with van der Waals surface area (Å²) in [4.78, 5) is 27.3. The molecule has 1 aliphatic heterocycles. The van der Waals surface area contributed by atoms with Crippen molar-refractivity contribution >= 4 is 40.7 Å². The topological polar surface area (TPSA) is 37.4 Å². The number of carbonyl (C=O) groups is 2. The molecule has 3 rings (SSSR count). The highest BCUT2D eigenvalue weighted by Crippen LogP contribution is 2.32. The number of rotatable bonds is 3. The maximum atomic E-state index is 11.9. The van der Waals surface area contributed by atoms with Crippen LogP contribution in [-0.2, 0) is 4.79 Å². The van der Waals surface area contributed by atoms with E-state index in [-0.39, 0.29) is 11.1 Å². The van der Waals surface area contributed by atoms with E-state index in [0.717, 1.165) is 27.1 Å². The van der Waals surface area contributed by atoms with Crippen molar-refractivity contribution in [2.45, 2.75) is 16.7 Å². The van der Waals surface area contributed by atoms with Crippen molar-refractivity contribution in [2.24, 2.45) is 0 Å². The van der Waals surface area contributed by atoms with Crippen LogP contribution in [-0.4, -0.2) is 23.1 Å². The van der Waals surface area contributed by atoms with Crippen molar-refractivity contribution in [1.29, 1.82) is 0 Å². The van der Waals surface area contributed by atoms with Crippen LogP contribution >= 0.6 is 23.5 Å². The zero-order valence-corrected chi connectivity index (χ0v) is 14.4. The molecule has 2 aromatic carbocycles. The molecule has 0 aliphatic carbocycles. The molecule has 1 fully saturated rings. The lowest BCUT2D eigenvalue weighted by molar-refractivity contribution is -0.121. The molecule has 1 saturated heterocycles. The predicted octanol–water partition coefficient (Wildman–Crippen LogP) is 4.81. The molecular formula is C18H15NO2S2. The molecule has 2 aromatic rings. The van der Waals surface area contributed by atoms with E-state index in [1.807, 2.05) is 24.3 Å². The van der Waals surface area contributed by atoms with E-state index >= 15 is 0 Å². The second-order valence-electron chi connectivity index (χ2n) is 5.22. The van der Waals surface area contributed by atoms with E-state index in [4.69, 9.17) is 0 Å². The third kappa shape index (κ3) is 3.68. The van der Waals surface area contributed by atoms with Crippen LogP contribution in [0, 0.1) is 6.92 Å². The van der Waals surface area contributed by atoms with Gasteiger partial charge in [-0.25, -0.2) is 0 Å². The van der Waals surface area contributed by atoms with Crippen LogP contribution in [0.1, 0.15) is 11.1 Å². The van der Waals surface area contributed by atoms with Gasteiger partial charge in [0, 0.05) is 16.8 Å². The first-order chi connectivity index (χ1) is 11.0. The Labute approximate surface area is 143 Å². The number of benzene rings is 2. The molecule has 0 N–H and O–H groups in total. The Balaban J connectivity index is 1.74. The van der Waals surface area contributed by atoms with Gasteiger partial charge in [0.15, 0.2) is 0 Å². The number of hydrogen-bond acceptors (Lipinski definition) is 4. The number of nitrogens with zero attached hydrogens (tertiary/aromatic N) is 1. The van der Waals surface area contributed by atoms with Gasteiger partial charge in [-0.15, -0.1) is 0 Å². The summed E-state index contributed by atoms with van der Waals surface area (Å²) in [5, 5.41) is -0.229. The zero-order chi connectivity index (χ0) is 16.4. The molecule has 116 valence electrons. The summed E-state index contributed by atoms with van der Waals surface area (Å²) in [6, 6.07) is 16.4. The monoisotopic (exact) mass is 341 g/mol. The normalized spacial score (nSPS) is 16.4. The number of imide groups is 1. The fraction of sp³-hybridized carbons (Fsp3) is 0.111. The molecule has 0 bridgehead atoms. The fourth-order valence-corrected chi connectivity index (χ4v) is 3.72. The van der Waals surface area contributed by atoms with Crippen LogP contribution in [0.25, 0.3) is 6.08 Å². The molecule has 0 saturated carbocycles. The van der Waals surface area contributed by atoms with Crippen molar-refractivity contribution in [3.05, 3.63) is 64.6 Å². The number of likely N-dealkylation sites (N-methyl/N-ethyl adjacent to an activating group) is 1. The molecule has 23 heavy (non-hydrogen) atoms. The van der Waals surface area contributed by atoms with Gasteiger partial charge >= 0.3 is 0 Å². The Bertz CT molecular complexity index is 780. The highest BCUT2D eigenvalue weighted by molar-refractivity contribution is 8.18. The van der Waals surface area contributed by atoms with Gasteiger partial charge in [0.05, 0.1) is 4.91 Å². The van der Waals surface area contributed by atoms with Gasteiger partial charge in [0.1, 0.15) is 0 Å². The minimum atomic E-state index is -0.238. The maximum Gasteiger partial charge on any atom is 0.293 e. The summed E-state index contributed by atoms with van der Waals surface area (Å²) in [5.41, 5.74) is 2.16. The minimum Gasteiger partial charge on any atom is -0.272 e. The van der Waals surface area contributed by atoms with Gasteiger partial charge in [0.25, 0.3) is 11.1 Å². The van der Waals surface area contributed by atoms with E-state index in [1.165, 1.54) is 17.5 Å². The quantitative estimate of drug-likeness (QED) is 0.751. The van der Waals surface area contributed by atoms with Crippen molar-refractivity contribution in [3.63, 3.8) is 0 Å². The van der Waals surface area contributed by atoms with Crippen LogP contribution in [0.2, 0.25) is 0 Å². The van der Waals surface area contributed by atoms with Crippen LogP contribution in [0.4, 0.5) is 4.79 Å². The van der Waals surface area contributed by atoms with E-state index in [2.05, 4.69) is 31.2 Å². The van der Waals surface area contributed by atoms with E-state index in [1.54, 1.807) is 17.8 Å². The third-order valence-electron chi connectivity index (χ3n) is 3.42. The molecule has 0 radical (unpaired) electrons. The van der Waals surface area contributed by atoms with Gasteiger partial charge in [0.2, 0.25) is 0 Å². The van der Waals surface area contributed by atoms with Gasteiger partial charge in [-0.2, -0.15) is 0 Å². The smallest absolute Gasteiger partial charge is 0.272 e. The summed E-state index contributed by atoms with van der Waals surface area (Å²) in [5.74, 6) is -0.238. The standard InChI is InChI=1S/C18H15NO2S2/c1-12-3-7-14(8-4-12)22-15-9-5-13(6-10-15)11-16-17(20)19(2)18(21)23-16/h3-11H,1-2H3/b16-11+. The molecule has 0 aromatic heterocycles. The van der Waals surface area contributed by atoms with Crippen molar-refractivity contribution in [3.8, 4) is 0 Å². The van der Waals surface area contributed by atoms with E-state index in [0.29, 0.717) is 4.91 Å². The summed E-state index contributed by atoms with van der Waals surface area (Å²) < 4.78 is 0. The molecule has 0 unspecified atom stereocenters. The van der Waals surface area contributed by atoms with Crippen LogP contribution in [0.5, 0.6) is 0 Å². The first-order valence-electron chi connectivity index (χ1n) is 7.09. The molecule has 5 heteroatoms. The first-order valence-corrected chi connectivity index (χ1v) is 8.72. The largest absolute Gasteiger partial charge is 0.293 e. The molecule has 0 atom stereocenters. The Hall–Kier alpha value is -1.98. The van der Waals surface area contributed by atoms with Gasteiger partial charge in [-0.3, -0.25) is 14.5 Å².